The number of benzene rings is 1. The lowest BCUT2D eigenvalue weighted by Crippen LogP contribution is -2.33. The molecule has 0 saturated heterocycles. The van der Waals surface area contributed by atoms with Gasteiger partial charge in [0.1, 0.15) is 5.75 Å². The molecule has 0 bridgehead atoms. The van der Waals surface area contributed by atoms with Crippen molar-refractivity contribution in [3.05, 3.63) is 90.0 Å². The maximum Gasteiger partial charge on any atom is 0.180 e. The zero-order valence-corrected chi connectivity index (χ0v) is 12.2. The van der Waals surface area contributed by atoms with Gasteiger partial charge in [-0.3, -0.25) is 9.97 Å². The second kappa shape index (κ2) is 5.95. The van der Waals surface area contributed by atoms with Gasteiger partial charge in [0.05, 0.1) is 11.4 Å². The van der Waals surface area contributed by atoms with Gasteiger partial charge in [-0.05, 0) is 30.3 Å². The SMILES string of the molecule is COC(c1ccccn1)(c1ccccn1)c1ccccc1O. The number of phenolic OH excluding ortho intramolecular Hbond substituents is 1. The van der Waals surface area contributed by atoms with E-state index in [0.29, 0.717) is 17.0 Å². The Morgan fingerprint density at radius 2 is 1.36 bits per heavy atom. The van der Waals surface area contributed by atoms with Crippen LogP contribution in [0.1, 0.15) is 17.0 Å². The second-order valence-corrected chi connectivity index (χ2v) is 4.83. The Morgan fingerprint density at radius 3 is 1.82 bits per heavy atom. The van der Waals surface area contributed by atoms with Crippen LogP contribution in [0.2, 0.25) is 0 Å². The first-order valence-electron chi connectivity index (χ1n) is 6.95. The van der Waals surface area contributed by atoms with E-state index in [9.17, 15) is 5.11 Å². The highest BCUT2D eigenvalue weighted by atomic mass is 16.5. The summed E-state index contributed by atoms with van der Waals surface area (Å²) in [5.41, 5.74) is 0.874. The van der Waals surface area contributed by atoms with E-state index >= 15 is 0 Å². The van der Waals surface area contributed by atoms with Gasteiger partial charge >= 0.3 is 0 Å². The van der Waals surface area contributed by atoms with Crippen molar-refractivity contribution in [2.45, 2.75) is 5.60 Å². The number of phenols is 1. The molecule has 2 aromatic heterocycles. The Hall–Kier alpha value is -2.72. The lowest BCUT2D eigenvalue weighted by atomic mass is 9.85. The third kappa shape index (κ3) is 2.23. The van der Waals surface area contributed by atoms with Crippen LogP contribution in [0, 0.1) is 0 Å². The highest BCUT2D eigenvalue weighted by molar-refractivity contribution is 5.48. The molecular formula is C18H16N2O2. The number of aromatic hydroxyl groups is 1. The van der Waals surface area contributed by atoms with E-state index in [0.717, 1.165) is 0 Å². The number of ether oxygens (including phenoxy) is 1. The molecule has 0 fully saturated rings. The van der Waals surface area contributed by atoms with E-state index in [1.54, 1.807) is 31.6 Å². The number of nitrogens with zero attached hydrogens (tertiary/aromatic N) is 2. The predicted octanol–water partition coefficient (Wildman–Crippen LogP) is 3.12. The van der Waals surface area contributed by atoms with E-state index in [1.807, 2.05) is 48.5 Å². The zero-order chi connectivity index (χ0) is 15.4. The highest BCUT2D eigenvalue weighted by Gasteiger charge is 2.41. The van der Waals surface area contributed by atoms with Crippen LogP contribution >= 0.6 is 0 Å². The second-order valence-electron chi connectivity index (χ2n) is 4.83. The molecule has 110 valence electrons. The van der Waals surface area contributed by atoms with Crippen LogP contribution in [0.25, 0.3) is 0 Å². The average Bonchev–Trinajstić information content (AvgIpc) is 2.59. The number of para-hydroxylation sites is 1. The molecule has 0 aliphatic heterocycles. The van der Waals surface area contributed by atoms with E-state index in [-0.39, 0.29) is 5.75 Å². The van der Waals surface area contributed by atoms with Crippen LogP contribution in [0.4, 0.5) is 0 Å². The number of aromatic nitrogens is 2. The minimum absolute atomic E-state index is 0.139. The van der Waals surface area contributed by atoms with Crippen molar-refractivity contribution >= 4 is 0 Å². The van der Waals surface area contributed by atoms with Crippen molar-refractivity contribution in [2.24, 2.45) is 0 Å². The van der Waals surface area contributed by atoms with Gasteiger partial charge in [-0.2, -0.15) is 0 Å². The third-order valence-electron chi connectivity index (χ3n) is 3.64. The quantitative estimate of drug-likeness (QED) is 0.802. The summed E-state index contributed by atoms with van der Waals surface area (Å²) in [5, 5.41) is 10.4. The van der Waals surface area contributed by atoms with Crippen molar-refractivity contribution < 1.29 is 9.84 Å². The first-order valence-corrected chi connectivity index (χ1v) is 6.95. The molecular weight excluding hydrogens is 276 g/mol. The van der Waals surface area contributed by atoms with E-state index in [4.69, 9.17) is 4.74 Å². The first-order chi connectivity index (χ1) is 10.8. The number of methoxy groups -OCH3 is 1. The smallest absolute Gasteiger partial charge is 0.180 e. The summed E-state index contributed by atoms with van der Waals surface area (Å²) < 4.78 is 5.89. The lowest BCUT2D eigenvalue weighted by Gasteiger charge is -2.32. The van der Waals surface area contributed by atoms with Crippen molar-refractivity contribution in [2.75, 3.05) is 7.11 Å². The van der Waals surface area contributed by atoms with Crippen LogP contribution in [-0.4, -0.2) is 22.2 Å². The van der Waals surface area contributed by atoms with Crippen LogP contribution < -0.4 is 0 Å². The minimum Gasteiger partial charge on any atom is -0.508 e. The Kier molecular flexibility index (Phi) is 3.85. The molecule has 0 aliphatic carbocycles. The van der Waals surface area contributed by atoms with Crippen LogP contribution in [-0.2, 0) is 10.3 Å². The molecule has 0 atom stereocenters. The van der Waals surface area contributed by atoms with Crippen LogP contribution in [0.5, 0.6) is 5.75 Å². The van der Waals surface area contributed by atoms with E-state index in [2.05, 4.69) is 9.97 Å². The molecule has 3 rings (SSSR count). The van der Waals surface area contributed by atoms with Gasteiger partial charge in [0.2, 0.25) is 0 Å². The van der Waals surface area contributed by atoms with Gasteiger partial charge in [0, 0.05) is 25.1 Å². The standard InChI is InChI=1S/C18H16N2O2/c1-22-18(16-10-4-6-12-19-16,17-11-5-7-13-20-17)14-8-2-3-9-15(14)21/h2-13,21H,1H3. The molecule has 1 aromatic carbocycles. The molecule has 1 N–H and O–H groups in total. The topological polar surface area (TPSA) is 55.2 Å². The molecule has 4 nitrogen and oxygen atoms in total. The van der Waals surface area contributed by atoms with Gasteiger partial charge in [-0.25, -0.2) is 0 Å². The number of pyridine rings is 2. The molecule has 3 aromatic rings. The molecule has 2 heterocycles. The van der Waals surface area contributed by atoms with Crippen LogP contribution in [0.3, 0.4) is 0 Å². The minimum atomic E-state index is -1.06. The van der Waals surface area contributed by atoms with E-state index in [1.165, 1.54) is 0 Å². The maximum absolute atomic E-state index is 10.4. The number of rotatable bonds is 4. The fraction of sp³-hybridized carbons (Fsp3) is 0.111. The van der Waals surface area contributed by atoms with Crippen LogP contribution in [0.15, 0.2) is 73.1 Å². The fourth-order valence-electron chi connectivity index (χ4n) is 2.64. The van der Waals surface area contributed by atoms with Gasteiger partial charge in [-0.15, -0.1) is 0 Å². The summed E-state index contributed by atoms with van der Waals surface area (Å²) in [4.78, 5) is 8.88. The molecule has 0 radical (unpaired) electrons. The summed E-state index contributed by atoms with van der Waals surface area (Å²) in [7, 11) is 1.59. The predicted molar refractivity (Wildman–Crippen MR) is 83.5 cm³/mol. The Morgan fingerprint density at radius 1 is 0.818 bits per heavy atom. The average molecular weight is 292 g/mol. The Balaban J connectivity index is 2.34. The first kappa shape index (κ1) is 14.2. The number of hydrogen-bond acceptors (Lipinski definition) is 4. The summed E-state index contributed by atoms with van der Waals surface area (Å²) >= 11 is 0. The van der Waals surface area contributed by atoms with Gasteiger partial charge in [-0.1, -0.05) is 30.3 Å². The van der Waals surface area contributed by atoms with Gasteiger partial charge < -0.3 is 9.84 Å². The summed E-state index contributed by atoms with van der Waals surface area (Å²) in [6.45, 7) is 0. The fourth-order valence-corrected chi connectivity index (χ4v) is 2.64. The molecule has 0 spiro atoms. The van der Waals surface area contributed by atoms with Crippen molar-refractivity contribution in [3.8, 4) is 5.75 Å². The third-order valence-corrected chi connectivity index (χ3v) is 3.64. The summed E-state index contributed by atoms with van der Waals surface area (Å²) in [6.07, 6.45) is 3.40. The normalized spacial score (nSPS) is 11.3. The Labute approximate surface area is 129 Å². The molecule has 0 aliphatic rings. The molecule has 0 saturated carbocycles. The maximum atomic E-state index is 10.4. The van der Waals surface area contributed by atoms with Crippen molar-refractivity contribution in [3.63, 3.8) is 0 Å². The van der Waals surface area contributed by atoms with Gasteiger partial charge in [0.15, 0.2) is 5.60 Å². The van der Waals surface area contributed by atoms with E-state index < -0.39 is 5.60 Å². The summed E-state index contributed by atoms with van der Waals surface area (Å²) in [6, 6.07) is 18.3. The molecule has 22 heavy (non-hydrogen) atoms. The summed E-state index contributed by atoms with van der Waals surface area (Å²) in [5.74, 6) is 0.139. The van der Waals surface area contributed by atoms with Gasteiger partial charge in [0.25, 0.3) is 0 Å². The lowest BCUT2D eigenvalue weighted by molar-refractivity contribution is 0.0490. The van der Waals surface area contributed by atoms with Crippen molar-refractivity contribution in [1.82, 2.24) is 9.97 Å². The molecule has 0 unspecified atom stereocenters. The largest absolute Gasteiger partial charge is 0.508 e. The number of hydrogen-bond donors (Lipinski definition) is 1. The Bertz CT molecular complexity index is 706. The zero-order valence-electron chi connectivity index (χ0n) is 12.2. The molecule has 4 heteroatoms. The monoisotopic (exact) mass is 292 g/mol. The molecule has 0 amide bonds. The van der Waals surface area contributed by atoms with Crippen molar-refractivity contribution in [1.29, 1.82) is 0 Å². The highest BCUT2D eigenvalue weighted by Crippen LogP contribution is 2.41.